The molecular formula is C96H143NO43. The lowest BCUT2D eigenvalue weighted by Crippen LogP contribution is -2.70. The molecule has 44 atom stereocenters. The molecule has 5 aliphatic carbocycles. The molecule has 14 rings (SSSR count). The Hall–Kier alpha value is -5.83. The standard InChI is InChI=1S/C96H143NO43/c1-13-91(9,120)27-17-18-43(2)79(118)134-73-52(105)38-126-85(76(73)133-60(107)24-21-46-19-15-14-16-20-46)138-75-64(110)54(39-122-45(4)101)130-86(77(75)139-83-70(116)72(51(104)37-125-83)136-87-78(117)95(121,41-99)42-128-87)140-88(119)96-31-30-89(5,6)32-48(96)47-22-23-57-92(10)28-26-59(90(7,8)56(92)25-29-93(57,11)94(47,12)33-58(96)106)132-80-61(97-44(3)100)65(111)74(137-84-68(114)66(112)63(109)53(34-98)129-84)55(131-80)40-127-81-69(115)71(50(103)36-123-81)135-82-67(113)62(108)49(102)35-124-82/h13-16,18-22,24,48-59,61-78,80-87,98-99,102-106,108-117,120-121H,1,17,23,25-42H2,2-12H3,(H,97,100). The molecule has 0 bridgehead atoms. The number of aliphatic hydroxyl groups is 19. The Bertz CT molecular complexity index is 4500. The summed E-state index contributed by atoms with van der Waals surface area (Å²) in [6, 6.07) is 7.01. The van der Waals surface area contributed by atoms with Crippen LogP contribution in [0.2, 0.25) is 0 Å². The largest absolute Gasteiger partial charge is 0.463 e. The summed E-state index contributed by atoms with van der Waals surface area (Å²) in [5, 5.41) is 218. The number of hydrogen-bond donors (Lipinski definition) is 20. The molecule has 790 valence electrons. The Balaban J connectivity index is 0.767. The van der Waals surface area contributed by atoms with Crippen molar-refractivity contribution in [1.29, 1.82) is 0 Å². The number of esters is 4. The minimum atomic E-state index is -2.26. The maximum Gasteiger partial charge on any atom is 0.333 e. The number of amides is 1. The van der Waals surface area contributed by atoms with Gasteiger partial charge in [-0.3, -0.25) is 14.4 Å². The van der Waals surface area contributed by atoms with Crippen LogP contribution in [0.3, 0.4) is 0 Å². The molecule has 4 saturated carbocycles. The molecule has 1 aromatic rings. The molecule has 0 spiro atoms. The fourth-order valence-electron chi connectivity index (χ4n) is 23.8. The third kappa shape index (κ3) is 22.0. The van der Waals surface area contributed by atoms with Gasteiger partial charge in [0.25, 0.3) is 0 Å². The van der Waals surface area contributed by atoms with E-state index in [0.29, 0.717) is 50.5 Å². The highest BCUT2D eigenvalue weighted by atomic mass is 16.8. The molecule has 1 amide bonds. The molecule has 13 aliphatic rings. The van der Waals surface area contributed by atoms with E-state index in [1.54, 1.807) is 30.3 Å². The van der Waals surface area contributed by atoms with Crippen molar-refractivity contribution in [3.05, 3.63) is 77.9 Å². The Morgan fingerprint density at radius 1 is 0.550 bits per heavy atom. The van der Waals surface area contributed by atoms with Crippen LogP contribution < -0.4 is 5.32 Å². The predicted octanol–water partition coefficient (Wildman–Crippen LogP) is -3.38. The quantitative estimate of drug-likeness (QED) is 0.0113. The van der Waals surface area contributed by atoms with Crippen molar-refractivity contribution in [3.8, 4) is 0 Å². The van der Waals surface area contributed by atoms with E-state index in [1.165, 1.54) is 39.0 Å². The predicted molar refractivity (Wildman–Crippen MR) is 473 cm³/mol. The first-order valence-corrected chi connectivity index (χ1v) is 48.1. The third-order valence-corrected chi connectivity index (χ3v) is 32.2. The van der Waals surface area contributed by atoms with E-state index < -0.39 is 354 Å². The second-order valence-corrected chi connectivity index (χ2v) is 42.4. The van der Waals surface area contributed by atoms with Gasteiger partial charge in [0.05, 0.1) is 70.7 Å². The molecule has 8 saturated heterocycles. The second kappa shape index (κ2) is 43.9. The number of benzene rings is 1. The third-order valence-electron chi connectivity index (χ3n) is 32.2. The SMILES string of the molecule is C=CC(C)(O)CCC=C(C)C(=O)OC1C(O)COC(OC2C(O)C(COC(C)=O)OC(OC(=O)C34CCC(C)(C)CC3C3=CCC5C6(C)CCC(OC7OC(COC8OCC(O)C(OC9OCC(O)C(O)C9O)C8O)C(OC8OC(CO)C(O)C(O)C8O)C(O)C7NC(C)=O)C(C)(C)C6CCC5(C)C3(C)CC4O)C2OC2OCC(O)C(OC3OCC(O)(CO)C3O)C2O)C1OC(=O)C=Cc1ccccc1. The first-order chi connectivity index (χ1) is 65.9. The van der Waals surface area contributed by atoms with Crippen molar-refractivity contribution in [1.82, 2.24) is 5.32 Å². The molecule has 0 aromatic heterocycles. The Morgan fingerprint density at radius 2 is 1.15 bits per heavy atom. The normalized spacial score (nSPS) is 46.2. The highest BCUT2D eigenvalue weighted by molar-refractivity contribution is 5.88. The van der Waals surface area contributed by atoms with Gasteiger partial charge in [0.2, 0.25) is 12.2 Å². The first kappa shape index (κ1) is 110. The molecule has 20 N–H and O–H groups in total. The molecule has 140 heavy (non-hydrogen) atoms. The van der Waals surface area contributed by atoms with Gasteiger partial charge in [0, 0.05) is 25.5 Å². The van der Waals surface area contributed by atoms with Crippen LogP contribution in [-0.4, -0.2) is 413 Å². The lowest BCUT2D eigenvalue weighted by atomic mass is 9.33. The van der Waals surface area contributed by atoms with E-state index >= 15 is 4.79 Å². The van der Waals surface area contributed by atoms with Gasteiger partial charge >= 0.3 is 23.9 Å². The summed E-state index contributed by atoms with van der Waals surface area (Å²) >= 11 is 0. The molecule has 8 aliphatic heterocycles. The van der Waals surface area contributed by atoms with Crippen molar-refractivity contribution in [2.75, 3.05) is 59.5 Å². The number of aliphatic hydroxyl groups excluding tert-OH is 17. The number of carbonyl (C=O) groups excluding carboxylic acids is 5. The summed E-state index contributed by atoms with van der Waals surface area (Å²) < 4.78 is 117. The molecule has 8 heterocycles. The summed E-state index contributed by atoms with van der Waals surface area (Å²) in [6.07, 6.45) is -51.0. The smallest absolute Gasteiger partial charge is 0.333 e. The fraction of sp³-hybridized carbons (Fsp3) is 0.802. The summed E-state index contributed by atoms with van der Waals surface area (Å²) in [4.78, 5) is 71.7. The number of ether oxygens (including phenoxy) is 19. The van der Waals surface area contributed by atoms with Crippen LogP contribution in [0.5, 0.6) is 0 Å². The van der Waals surface area contributed by atoms with Crippen molar-refractivity contribution in [3.63, 3.8) is 0 Å². The number of fused-ring (bicyclic) bond motifs is 7. The maximum atomic E-state index is 16.8. The van der Waals surface area contributed by atoms with Crippen LogP contribution in [-0.2, 0) is 114 Å². The molecular weight excluding hydrogens is 1860 g/mol. The van der Waals surface area contributed by atoms with Crippen LogP contribution in [0, 0.1) is 50.2 Å². The fourth-order valence-corrected chi connectivity index (χ4v) is 23.8. The van der Waals surface area contributed by atoms with Crippen molar-refractivity contribution >= 4 is 35.9 Å². The lowest BCUT2D eigenvalue weighted by molar-refractivity contribution is -0.382. The summed E-state index contributed by atoms with van der Waals surface area (Å²) in [5.41, 5.74) is -7.53. The molecule has 1 aromatic carbocycles. The van der Waals surface area contributed by atoms with E-state index in [9.17, 15) is 116 Å². The van der Waals surface area contributed by atoms with E-state index in [-0.39, 0.29) is 43.1 Å². The van der Waals surface area contributed by atoms with Gasteiger partial charge < -0.3 is 192 Å². The minimum Gasteiger partial charge on any atom is -0.463 e. The topological polar surface area (TPSA) is 657 Å². The lowest BCUT2D eigenvalue weighted by Gasteiger charge is -2.72. The van der Waals surface area contributed by atoms with Crippen molar-refractivity contribution in [2.45, 2.75) is 373 Å². The van der Waals surface area contributed by atoms with Gasteiger partial charge in [-0.2, -0.15) is 0 Å². The number of hydrogen-bond acceptors (Lipinski definition) is 43. The number of rotatable bonds is 31. The van der Waals surface area contributed by atoms with Crippen LogP contribution in [0.4, 0.5) is 0 Å². The average molecular weight is 2000 g/mol. The molecule has 12 fully saturated rings. The van der Waals surface area contributed by atoms with Gasteiger partial charge in [-0.25, -0.2) is 9.59 Å². The molecule has 0 radical (unpaired) electrons. The zero-order valence-corrected chi connectivity index (χ0v) is 80.4. The Morgan fingerprint density at radius 3 is 1.80 bits per heavy atom. The molecule has 44 nitrogen and oxygen atoms in total. The highest BCUT2D eigenvalue weighted by Crippen LogP contribution is 2.76. The number of nitrogens with one attached hydrogen (secondary N) is 1. The summed E-state index contributed by atoms with van der Waals surface area (Å²) in [7, 11) is 0. The van der Waals surface area contributed by atoms with Crippen LogP contribution in [0.25, 0.3) is 6.08 Å². The van der Waals surface area contributed by atoms with Crippen molar-refractivity contribution in [2.24, 2.45) is 50.2 Å². The van der Waals surface area contributed by atoms with Crippen molar-refractivity contribution < 1.29 is 211 Å². The van der Waals surface area contributed by atoms with E-state index in [4.69, 9.17) is 90.0 Å². The van der Waals surface area contributed by atoms with E-state index in [2.05, 4.69) is 66.4 Å². The van der Waals surface area contributed by atoms with E-state index in [1.807, 2.05) is 0 Å². The second-order valence-electron chi connectivity index (χ2n) is 42.4. The average Bonchev–Trinajstić information content (AvgIpc) is 0.734. The van der Waals surface area contributed by atoms with Crippen LogP contribution in [0.1, 0.15) is 152 Å². The minimum absolute atomic E-state index is 0.00569. The highest BCUT2D eigenvalue weighted by Gasteiger charge is 2.73. The van der Waals surface area contributed by atoms with E-state index in [0.717, 1.165) is 18.6 Å². The maximum absolute atomic E-state index is 16.8. The van der Waals surface area contributed by atoms with Crippen LogP contribution >= 0.6 is 0 Å². The van der Waals surface area contributed by atoms with Gasteiger partial charge in [-0.05, 0) is 141 Å². The van der Waals surface area contributed by atoms with Gasteiger partial charge in [-0.15, -0.1) is 6.58 Å². The monoisotopic (exact) mass is 2000 g/mol. The number of allylic oxidation sites excluding steroid dienone is 3. The summed E-state index contributed by atoms with van der Waals surface area (Å²) in [6.45, 7) is 17.0. The zero-order chi connectivity index (χ0) is 102. The Labute approximate surface area is 809 Å². The molecule has 44 heteroatoms. The Kier molecular flexibility index (Phi) is 34.5. The first-order valence-electron chi connectivity index (χ1n) is 48.1. The van der Waals surface area contributed by atoms with Crippen LogP contribution in [0.15, 0.2) is 72.4 Å². The summed E-state index contributed by atoms with van der Waals surface area (Å²) in [5.74, 6) is -5.91. The van der Waals surface area contributed by atoms with Gasteiger partial charge in [0.1, 0.15) is 152 Å². The van der Waals surface area contributed by atoms with Gasteiger partial charge in [0.15, 0.2) is 62.3 Å². The molecule has 44 unspecified atom stereocenters. The number of carbonyl (C=O) groups is 5. The van der Waals surface area contributed by atoms with Gasteiger partial charge in [-0.1, -0.05) is 103 Å². The zero-order valence-electron chi connectivity index (χ0n) is 80.4.